The summed E-state index contributed by atoms with van der Waals surface area (Å²) in [6.45, 7) is 0.0728. The van der Waals surface area contributed by atoms with Gasteiger partial charge in [0.15, 0.2) is 23.1 Å². The molecule has 2 N–H and O–H groups in total. The minimum absolute atomic E-state index is 0.0728. The number of rotatable bonds is 2. The molecule has 1 unspecified atom stereocenters. The summed E-state index contributed by atoms with van der Waals surface area (Å²) in [5, 5.41) is 11.6. The van der Waals surface area contributed by atoms with Crippen LogP contribution in [0.1, 0.15) is 0 Å². The summed E-state index contributed by atoms with van der Waals surface area (Å²) in [4.78, 5) is 12.1. The standard InChI is InChI=1S/C15H12FNO4/c16-10-7-9(5-6-11(10)18)17-15(19)14-8-20-12-3-1-2-4-13(12)21-14/h1-7,14,18H,8H2,(H,17,19). The quantitative estimate of drug-likeness (QED) is 0.832. The van der Waals surface area contributed by atoms with E-state index in [2.05, 4.69) is 5.32 Å². The van der Waals surface area contributed by atoms with Crippen LogP contribution in [0.25, 0.3) is 0 Å². The van der Waals surface area contributed by atoms with E-state index in [1.54, 1.807) is 18.2 Å². The number of aromatic hydroxyl groups is 1. The summed E-state index contributed by atoms with van der Waals surface area (Å²) in [5.41, 5.74) is 0.234. The number of carbonyl (C=O) groups is 1. The Balaban J connectivity index is 1.70. The molecule has 0 fully saturated rings. The molecule has 0 saturated carbocycles. The molecule has 108 valence electrons. The molecule has 21 heavy (non-hydrogen) atoms. The number of hydrogen-bond acceptors (Lipinski definition) is 4. The Kier molecular flexibility index (Phi) is 3.35. The van der Waals surface area contributed by atoms with E-state index in [9.17, 15) is 9.18 Å². The van der Waals surface area contributed by atoms with Gasteiger partial charge >= 0.3 is 0 Å². The third-order valence-electron chi connectivity index (χ3n) is 3.02. The second-order valence-electron chi connectivity index (χ2n) is 4.52. The molecule has 1 heterocycles. The van der Waals surface area contributed by atoms with Gasteiger partial charge in [-0.3, -0.25) is 4.79 Å². The molecule has 0 saturated heterocycles. The molecule has 6 heteroatoms. The van der Waals surface area contributed by atoms with Crippen molar-refractivity contribution >= 4 is 11.6 Å². The van der Waals surface area contributed by atoms with Crippen molar-refractivity contribution in [2.45, 2.75) is 6.10 Å². The van der Waals surface area contributed by atoms with E-state index in [1.807, 2.05) is 6.07 Å². The Hall–Kier alpha value is -2.76. The predicted molar refractivity (Wildman–Crippen MR) is 73.0 cm³/mol. The lowest BCUT2D eigenvalue weighted by Gasteiger charge is -2.25. The van der Waals surface area contributed by atoms with Gasteiger partial charge in [0.2, 0.25) is 6.10 Å². The highest BCUT2D eigenvalue weighted by molar-refractivity contribution is 5.94. The zero-order valence-corrected chi connectivity index (χ0v) is 10.9. The number of benzene rings is 2. The largest absolute Gasteiger partial charge is 0.505 e. The van der Waals surface area contributed by atoms with Crippen molar-refractivity contribution in [2.75, 3.05) is 11.9 Å². The highest BCUT2D eigenvalue weighted by atomic mass is 19.1. The minimum atomic E-state index is -0.822. The number of anilines is 1. The van der Waals surface area contributed by atoms with Gasteiger partial charge < -0.3 is 19.9 Å². The van der Waals surface area contributed by atoms with Crippen molar-refractivity contribution < 1.29 is 23.8 Å². The lowest BCUT2D eigenvalue weighted by Crippen LogP contribution is -2.40. The van der Waals surface area contributed by atoms with E-state index < -0.39 is 23.6 Å². The fraction of sp³-hybridized carbons (Fsp3) is 0.133. The molecule has 0 spiro atoms. The Morgan fingerprint density at radius 2 is 2.00 bits per heavy atom. The number of nitrogens with one attached hydrogen (secondary N) is 1. The summed E-state index contributed by atoms with van der Waals surface area (Å²) < 4.78 is 24.2. The number of halogens is 1. The fourth-order valence-corrected chi connectivity index (χ4v) is 1.96. The van der Waals surface area contributed by atoms with Gasteiger partial charge in [0, 0.05) is 11.8 Å². The van der Waals surface area contributed by atoms with Gasteiger partial charge in [0.05, 0.1) is 0 Å². The van der Waals surface area contributed by atoms with Gasteiger partial charge in [-0.05, 0) is 24.3 Å². The van der Waals surface area contributed by atoms with Crippen LogP contribution in [-0.2, 0) is 4.79 Å². The van der Waals surface area contributed by atoms with Gasteiger partial charge in [-0.2, -0.15) is 0 Å². The number of amides is 1. The molecule has 0 aliphatic carbocycles. The smallest absolute Gasteiger partial charge is 0.269 e. The number of hydrogen-bond donors (Lipinski definition) is 2. The molecule has 0 aromatic heterocycles. The zero-order chi connectivity index (χ0) is 14.8. The minimum Gasteiger partial charge on any atom is -0.505 e. The van der Waals surface area contributed by atoms with Gasteiger partial charge in [-0.15, -0.1) is 0 Å². The summed E-state index contributed by atoms with van der Waals surface area (Å²) >= 11 is 0. The van der Waals surface area contributed by atoms with Crippen molar-refractivity contribution in [3.63, 3.8) is 0 Å². The normalized spacial score (nSPS) is 16.3. The highest BCUT2D eigenvalue weighted by Gasteiger charge is 2.27. The van der Waals surface area contributed by atoms with Crippen LogP contribution in [0.2, 0.25) is 0 Å². The first-order valence-electron chi connectivity index (χ1n) is 6.31. The van der Waals surface area contributed by atoms with Gasteiger partial charge in [0.1, 0.15) is 6.61 Å². The summed E-state index contributed by atoms with van der Waals surface area (Å²) in [6.07, 6.45) is -0.822. The Labute approximate surface area is 119 Å². The van der Waals surface area contributed by atoms with E-state index in [-0.39, 0.29) is 12.3 Å². The zero-order valence-electron chi connectivity index (χ0n) is 10.9. The van der Waals surface area contributed by atoms with E-state index >= 15 is 0 Å². The second kappa shape index (κ2) is 5.32. The van der Waals surface area contributed by atoms with Crippen LogP contribution < -0.4 is 14.8 Å². The van der Waals surface area contributed by atoms with Crippen molar-refractivity contribution in [1.29, 1.82) is 0 Å². The van der Waals surface area contributed by atoms with E-state index in [4.69, 9.17) is 14.6 Å². The van der Waals surface area contributed by atoms with Crippen LogP contribution in [0.3, 0.4) is 0 Å². The maximum Gasteiger partial charge on any atom is 0.269 e. The summed E-state index contributed by atoms with van der Waals surface area (Å²) in [6, 6.07) is 10.6. The Morgan fingerprint density at radius 1 is 1.24 bits per heavy atom. The molecular formula is C15H12FNO4. The molecule has 1 amide bonds. The maximum absolute atomic E-state index is 13.2. The predicted octanol–water partition coefficient (Wildman–Crippen LogP) is 2.31. The number of phenolic OH excluding ortho intramolecular Hbond substituents is 1. The van der Waals surface area contributed by atoms with Gasteiger partial charge in [-0.25, -0.2) is 4.39 Å². The molecular weight excluding hydrogens is 277 g/mol. The van der Waals surface area contributed by atoms with Gasteiger partial charge in [0.25, 0.3) is 5.91 Å². The molecule has 5 nitrogen and oxygen atoms in total. The lowest BCUT2D eigenvalue weighted by molar-refractivity contribution is -0.125. The monoisotopic (exact) mass is 289 g/mol. The van der Waals surface area contributed by atoms with Crippen LogP contribution >= 0.6 is 0 Å². The fourth-order valence-electron chi connectivity index (χ4n) is 1.96. The van der Waals surface area contributed by atoms with Crippen LogP contribution in [0.15, 0.2) is 42.5 Å². The molecule has 0 radical (unpaired) electrons. The Bertz CT molecular complexity index is 689. The Morgan fingerprint density at radius 3 is 2.76 bits per heavy atom. The summed E-state index contributed by atoms with van der Waals surface area (Å²) in [7, 11) is 0. The van der Waals surface area contributed by atoms with Crippen LogP contribution in [0.5, 0.6) is 17.2 Å². The first-order valence-corrected chi connectivity index (χ1v) is 6.31. The average Bonchev–Trinajstić information content (AvgIpc) is 2.50. The molecule has 1 atom stereocenters. The maximum atomic E-state index is 13.2. The van der Waals surface area contributed by atoms with E-state index in [0.717, 1.165) is 6.07 Å². The SMILES string of the molecule is O=C(Nc1ccc(O)c(F)c1)C1COc2ccccc2O1. The van der Waals surface area contributed by atoms with Crippen molar-refractivity contribution in [2.24, 2.45) is 0 Å². The molecule has 3 rings (SSSR count). The molecule has 1 aliphatic rings. The number of carbonyl (C=O) groups excluding carboxylic acids is 1. The third kappa shape index (κ3) is 2.74. The number of ether oxygens (including phenoxy) is 2. The van der Waals surface area contributed by atoms with Crippen LogP contribution in [0.4, 0.5) is 10.1 Å². The van der Waals surface area contributed by atoms with Crippen molar-refractivity contribution in [1.82, 2.24) is 0 Å². The lowest BCUT2D eigenvalue weighted by atomic mass is 10.2. The number of fused-ring (bicyclic) bond motifs is 1. The number of para-hydroxylation sites is 2. The average molecular weight is 289 g/mol. The highest BCUT2D eigenvalue weighted by Crippen LogP contribution is 2.31. The van der Waals surface area contributed by atoms with Crippen molar-refractivity contribution in [3.8, 4) is 17.2 Å². The van der Waals surface area contributed by atoms with E-state index in [0.29, 0.717) is 11.5 Å². The topological polar surface area (TPSA) is 67.8 Å². The van der Waals surface area contributed by atoms with Gasteiger partial charge in [-0.1, -0.05) is 12.1 Å². The van der Waals surface area contributed by atoms with Crippen LogP contribution in [-0.4, -0.2) is 23.7 Å². The third-order valence-corrected chi connectivity index (χ3v) is 3.02. The second-order valence-corrected chi connectivity index (χ2v) is 4.52. The number of phenols is 1. The molecule has 2 aromatic rings. The van der Waals surface area contributed by atoms with E-state index in [1.165, 1.54) is 12.1 Å². The first kappa shape index (κ1) is 13.2. The first-order chi connectivity index (χ1) is 10.1. The molecule has 1 aliphatic heterocycles. The van der Waals surface area contributed by atoms with Crippen molar-refractivity contribution in [3.05, 3.63) is 48.3 Å². The van der Waals surface area contributed by atoms with Crippen LogP contribution in [0, 0.1) is 5.82 Å². The molecule has 2 aromatic carbocycles. The summed E-state index contributed by atoms with van der Waals surface area (Å²) in [5.74, 6) is -0.661. The molecule has 0 bridgehead atoms.